The minimum Gasteiger partial charge on any atom is -0.316 e. The average molecular weight is 377 g/mol. The van der Waals surface area contributed by atoms with E-state index in [-0.39, 0.29) is 24.9 Å². The van der Waals surface area contributed by atoms with Gasteiger partial charge < -0.3 is 4.90 Å². The number of alkyl halides is 3. The maximum Gasteiger partial charge on any atom is 0.416 e. The van der Waals surface area contributed by atoms with Gasteiger partial charge >= 0.3 is 6.18 Å². The summed E-state index contributed by atoms with van der Waals surface area (Å²) in [5.74, 6) is -0.906. The third kappa shape index (κ3) is 4.36. The average Bonchev–Trinajstić information content (AvgIpc) is 2.90. The number of benzene rings is 2. The number of hydrogen-bond acceptors (Lipinski definition) is 2. The van der Waals surface area contributed by atoms with Crippen LogP contribution in [-0.4, -0.2) is 30.4 Å². The first-order valence-corrected chi connectivity index (χ1v) is 8.62. The minimum absolute atomic E-state index is 0.149. The van der Waals surface area contributed by atoms with Crippen LogP contribution in [0.5, 0.6) is 0 Å². The Morgan fingerprint density at radius 3 is 2.26 bits per heavy atom. The van der Waals surface area contributed by atoms with Crippen molar-refractivity contribution in [3.8, 4) is 0 Å². The zero-order valence-electron chi connectivity index (χ0n) is 14.8. The van der Waals surface area contributed by atoms with Crippen LogP contribution in [0.1, 0.15) is 29.0 Å². The molecule has 2 amide bonds. The summed E-state index contributed by atoms with van der Waals surface area (Å²) in [5.41, 5.74) is 0.831. The zero-order chi connectivity index (χ0) is 19.6. The number of quaternary nitrogens is 1. The van der Waals surface area contributed by atoms with Gasteiger partial charge in [-0.05, 0) is 17.7 Å². The molecule has 7 heteroatoms. The Balaban J connectivity index is 1.63. The number of carbonyl (C=O) groups is 2. The second kappa shape index (κ2) is 7.52. The summed E-state index contributed by atoms with van der Waals surface area (Å²) < 4.78 is 37.9. The topological polar surface area (TPSA) is 41.8 Å². The molecule has 1 aliphatic heterocycles. The standard InChI is InChI=1S/C20H19F3N2O2/c1-24(12-14-7-9-16(10-8-14)20(21,22)23)13-25-18(26)11-17(19(25)27)15-5-3-2-4-6-15/h2-10,17H,11-13H2,1H3/p+1/t17-/m1/s1. The summed E-state index contributed by atoms with van der Waals surface area (Å²) in [5, 5.41) is 0. The van der Waals surface area contributed by atoms with Crippen molar-refractivity contribution in [2.45, 2.75) is 25.1 Å². The molecule has 1 fully saturated rings. The summed E-state index contributed by atoms with van der Waals surface area (Å²) in [6.07, 6.45) is -4.21. The number of nitrogens with one attached hydrogen (secondary N) is 1. The van der Waals surface area contributed by atoms with Gasteiger partial charge in [-0.25, -0.2) is 4.90 Å². The number of imide groups is 1. The molecule has 1 aliphatic rings. The zero-order valence-corrected chi connectivity index (χ0v) is 14.8. The van der Waals surface area contributed by atoms with Crippen molar-refractivity contribution in [1.29, 1.82) is 0 Å². The summed E-state index contributed by atoms with van der Waals surface area (Å²) in [7, 11) is 1.80. The number of amides is 2. The highest BCUT2D eigenvalue weighted by molar-refractivity contribution is 6.06. The lowest BCUT2D eigenvalue weighted by Crippen LogP contribution is -3.09. The van der Waals surface area contributed by atoms with Gasteiger partial charge in [-0.1, -0.05) is 42.5 Å². The number of halogens is 3. The fourth-order valence-corrected chi connectivity index (χ4v) is 3.28. The van der Waals surface area contributed by atoms with Gasteiger partial charge in [0, 0.05) is 12.0 Å². The predicted molar refractivity (Wildman–Crippen MR) is 92.6 cm³/mol. The van der Waals surface area contributed by atoms with E-state index >= 15 is 0 Å². The number of hydrogen-bond donors (Lipinski definition) is 1. The molecule has 3 rings (SSSR count). The first-order chi connectivity index (χ1) is 12.8. The lowest BCUT2D eigenvalue weighted by Gasteiger charge is -2.21. The smallest absolute Gasteiger partial charge is 0.316 e. The Labute approximate surface area is 155 Å². The summed E-state index contributed by atoms with van der Waals surface area (Å²) >= 11 is 0. The van der Waals surface area contributed by atoms with Crippen LogP contribution < -0.4 is 4.90 Å². The van der Waals surface area contributed by atoms with Crippen molar-refractivity contribution in [2.24, 2.45) is 0 Å². The predicted octanol–water partition coefficient (Wildman–Crippen LogP) is 2.22. The largest absolute Gasteiger partial charge is 0.416 e. The van der Waals surface area contributed by atoms with E-state index in [9.17, 15) is 22.8 Å². The molecule has 2 atom stereocenters. The monoisotopic (exact) mass is 377 g/mol. The molecular weight excluding hydrogens is 357 g/mol. The van der Waals surface area contributed by atoms with Crippen molar-refractivity contribution in [2.75, 3.05) is 13.7 Å². The lowest BCUT2D eigenvalue weighted by molar-refractivity contribution is -0.901. The molecular formula is C20H20F3N2O2+. The fourth-order valence-electron chi connectivity index (χ4n) is 3.28. The first kappa shape index (κ1) is 19.1. The Kier molecular flexibility index (Phi) is 5.32. The molecule has 27 heavy (non-hydrogen) atoms. The van der Waals surface area contributed by atoms with Crippen LogP contribution in [0.2, 0.25) is 0 Å². The van der Waals surface area contributed by atoms with Gasteiger partial charge in [0.2, 0.25) is 11.8 Å². The molecule has 142 valence electrons. The molecule has 4 nitrogen and oxygen atoms in total. The van der Waals surface area contributed by atoms with Crippen LogP contribution >= 0.6 is 0 Å². The van der Waals surface area contributed by atoms with E-state index in [0.717, 1.165) is 22.6 Å². The molecule has 2 aromatic rings. The Morgan fingerprint density at radius 2 is 1.67 bits per heavy atom. The highest BCUT2D eigenvalue weighted by atomic mass is 19.4. The van der Waals surface area contributed by atoms with Crippen LogP contribution in [-0.2, 0) is 22.3 Å². The van der Waals surface area contributed by atoms with Gasteiger partial charge in [-0.2, -0.15) is 13.2 Å². The van der Waals surface area contributed by atoms with Crippen LogP contribution in [0, 0.1) is 0 Å². The molecule has 0 aliphatic carbocycles. The van der Waals surface area contributed by atoms with Gasteiger partial charge in [0.1, 0.15) is 6.54 Å². The van der Waals surface area contributed by atoms with Crippen molar-refractivity contribution < 1.29 is 27.7 Å². The lowest BCUT2D eigenvalue weighted by atomic mass is 9.98. The summed E-state index contributed by atoms with van der Waals surface area (Å²) in [6.45, 7) is 0.590. The minimum atomic E-state index is -4.36. The van der Waals surface area contributed by atoms with E-state index in [4.69, 9.17) is 0 Å². The third-order valence-corrected chi connectivity index (χ3v) is 4.66. The van der Waals surface area contributed by atoms with Gasteiger partial charge in [0.25, 0.3) is 0 Å². The van der Waals surface area contributed by atoms with Crippen LogP contribution in [0.3, 0.4) is 0 Å². The summed E-state index contributed by atoms with van der Waals surface area (Å²) in [4.78, 5) is 27.0. The second-order valence-corrected chi connectivity index (χ2v) is 6.81. The first-order valence-electron chi connectivity index (χ1n) is 8.62. The molecule has 1 N–H and O–H groups in total. The van der Waals surface area contributed by atoms with E-state index in [1.54, 1.807) is 7.05 Å². The quantitative estimate of drug-likeness (QED) is 0.812. The van der Waals surface area contributed by atoms with Gasteiger partial charge in [-0.3, -0.25) is 9.59 Å². The number of likely N-dealkylation sites (tertiary alicyclic amines) is 1. The highest BCUT2D eigenvalue weighted by Crippen LogP contribution is 2.29. The van der Waals surface area contributed by atoms with Gasteiger partial charge in [0.05, 0.1) is 18.5 Å². The van der Waals surface area contributed by atoms with E-state index in [0.29, 0.717) is 12.1 Å². The summed E-state index contributed by atoms with van der Waals surface area (Å²) in [6, 6.07) is 14.1. The molecule has 1 heterocycles. The molecule has 0 spiro atoms. The third-order valence-electron chi connectivity index (χ3n) is 4.66. The molecule has 1 saturated heterocycles. The van der Waals surface area contributed by atoms with Crippen molar-refractivity contribution >= 4 is 11.8 Å². The van der Waals surface area contributed by atoms with E-state index in [2.05, 4.69) is 0 Å². The molecule has 0 bridgehead atoms. The molecule has 1 unspecified atom stereocenters. The highest BCUT2D eigenvalue weighted by Gasteiger charge is 2.40. The van der Waals surface area contributed by atoms with E-state index in [1.807, 2.05) is 30.3 Å². The molecule has 2 aromatic carbocycles. The van der Waals surface area contributed by atoms with Crippen molar-refractivity contribution in [3.63, 3.8) is 0 Å². The normalized spacial score (nSPS) is 18.8. The van der Waals surface area contributed by atoms with Crippen molar-refractivity contribution in [3.05, 3.63) is 71.3 Å². The van der Waals surface area contributed by atoms with E-state index in [1.165, 1.54) is 17.0 Å². The molecule has 0 radical (unpaired) electrons. The Morgan fingerprint density at radius 1 is 1.04 bits per heavy atom. The Bertz CT molecular complexity index is 819. The second-order valence-electron chi connectivity index (χ2n) is 6.81. The maximum atomic E-state index is 12.6. The number of carbonyl (C=O) groups excluding carboxylic acids is 2. The fraction of sp³-hybridized carbons (Fsp3) is 0.300. The molecule has 0 saturated carbocycles. The van der Waals surface area contributed by atoms with Gasteiger partial charge in [0.15, 0.2) is 6.67 Å². The van der Waals surface area contributed by atoms with Crippen LogP contribution in [0.15, 0.2) is 54.6 Å². The van der Waals surface area contributed by atoms with Gasteiger partial charge in [-0.15, -0.1) is 0 Å². The number of rotatable bonds is 5. The Hall–Kier alpha value is -2.67. The molecule has 0 aromatic heterocycles. The van der Waals surface area contributed by atoms with Crippen LogP contribution in [0.25, 0.3) is 0 Å². The van der Waals surface area contributed by atoms with E-state index < -0.39 is 17.7 Å². The number of nitrogens with zero attached hydrogens (tertiary/aromatic N) is 1. The van der Waals surface area contributed by atoms with Crippen molar-refractivity contribution in [1.82, 2.24) is 4.90 Å². The maximum absolute atomic E-state index is 12.6. The van der Waals surface area contributed by atoms with Crippen LogP contribution in [0.4, 0.5) is 13.2 Å². The SMILES string of the molecule is C[NH+](Cc1ccc(C(F)(F)F)cc1)CN1C(=O)C[C@H](c2ccccc2)C1=O.